The Morgan fingerprint density at radius 3 is 1.95 bits per heavy atom. The Hall–Kier alpha value is -2.69. The Morgan fingerprint density at radius 1 is 0.744 bits per heavy atom. The topological polar surface area (TPSA) is 92.5 Å². The van der Waals surface area contributed by atoms with Crippen molar-refractivity contribution in [3.8, 4) is 11.4 Å². The molecular formula is C30H28N3NaO4S. The Balaban J connectivity index is 0.00000353. The van der Waals surface area contributed by atoms with Crippen LogP contribution in [0, 0.1) is 0 Å². The van der Waals surface area contributed by atoms with Crippen LogP contribution in [0.4, 0.5) is 0 Å². The van der Waals surface area contributed by atoms with Gasteiger partial charge in [-0.2, -0.15) is 4.33 Å². The third-order valence-electron chi connectivity index (χ3n) is 7.20. The van der Waals surface area contributed by atoms with Crippen LogP contribution in [0.15, 0.2) is 95.9 Å². The Labute approximate surface area is 254 Å². The number of phenols is 1. The molecule has 0 aliphatic heterocycles. The number of hydrogen-bond donors (Lipinski definition) is 1. The summed E-state index contributed by atoms with van der Waals surface area (Å²) in [6.07, 6.45) is 0. The molecule has 0 bridgehead atoms. The molecule has 9 heteroatoms. The van der Waals surface area contributed by atoms with Gasteiger partial charge in [-0.25, -0.2) is 0 Å². The van der Waals surface area contributed by atoms with E-state index in [0.29, 0.717) is 21.6 Å². The number of fused-ring (bicyclic) bond motifs is 1. The molecule has 4 aromatic carbocycles. The first-order valence-corrected chi connectivity index (χ1v) is 13.0. The maximum atomic E-state index is 11.7. The van der Waals surface area contributed by atoms with E-state index in [-0.39, 0.29) is 40.7 Å². The summed E-state index contributed by atoms with van der Waals surface area (Å²) in [5.74, 6) is 0.115. The number of nitrogens with zero attached hydrogens (tertiary/aromatic N) is 3. The molecule has 5 aromatic rings. The fraction of sp³-hybridized carbons (Fsp3) is 0.200. The van der Waals surface area contributed by atoms with E-state index in [1.807, 2.05) is 42.5 Å². The third-order valence-corrected chi connectivity index (χ3v) is 7.77. The van der Waals surface area contributed by atoms with Gasteiger partial charge in [0.05, 0.1) is 12.0 Å². The molecular weight excluding hydrogens is 521 g/mol. The monoisotopic (exact) mass is 549 g/mol. The molecule has 0 amide bonds. The normalized spacial score (nSPS) is 11.9. The zero-order valence-electron chi connectivity index (χ0n) is 22.6. The Bertz CT molecular complexity index is 1570. The van der Waals surface area contributed by atoms with Gasteiger partial charge in [0.25, 0.3) is 0 Å². The predicted octanol–water partition coefficient (Wildman–Crippen LogP) is 3.01. The summed E-state index contributed by atoms with van der Waals surface area (Å²) < 4.78 is 4.44. The zero-order valence-corrected chi connectivity index (χ0v) is 25.4. The van der Waals surface area contributed by atoms with Crippen molar-refractivity contribution in [1.82, 2.24) is 15.0 Å². The van der Waals surface area contributed by atoms with Gasteiger partial charge in [0.15, 0.2) is 0 Å². The third kappa shape index (κ3) is 5.78. The van der Waals surface area contributed by atoms with Gasteiger partial charge in [-0.05, 0) is 41.0 Å². The first-order valence-electron chi connectivity index (χ1n) is 12.2. The van der Waals surface area contributed by atoms with Crippen LogP contribution in [0.3, 0.4) is 0 Å². The van der Waals surface area contributed by atoms with E-state index >= 15 is 0 Å². The number of hydrogen-bond acceptors (Lipinski definition) is 7. The largest absolute Gasteiger partial charge is 1.00 e. The van der Waals surface area contributed by atoms with E-state index in [2.05, 4.69) is 77.6 Å². The smallest absolute Gasteiger partial charge is 0.691 e. The molecule has 0 unspecified atom stereocenters. The van der Waals surface area contributed by atoms with Crippen LogP contribution >= 0.6 is 12.0 Å². The summed E-state index contributed by atoms with van der Waals surface area (Å²) in [4.78, 5) is 2.10. The van der Waals surface area contributed by atoms with E-state index in [1.165, 1.54) is 4.80 Å². The van der Waals surface area contributed by atoms with Crippen molar-refractivity contribution in [3.63, 3.8) is 0 Å². The average molecular weight is 550 g/mol. The van der Waals surface area contributed by atoms with Crippen molar-refractivity contribution >= 4 is 23.1 Å². The molecule has 7 nitrogen and oxygen atoms in total. The van der Waals surface area contributed by atoms with Crippen LogP contribution in [0.2, 0.25) is 0 Å². The minimum Gasteiger partial charge on any atom is -0.691 e. The second-order valence-electron chi connectivity index (χ2n) is 10.2. The van der Waals surface area contributed by atoms with Crippen molar-refractivity contribution in [3.05, 3.63) is 113 Å². The van der Waals surface area contributed by atoms with Gasteiger partial charge < -0.3 is 10.4 Å². The number of aromatic hydroxyl groups is 1. The number of phenolic OH excluding ortho intramolecular Hbond substituents is 1. The van der Waals surface area contributed by atoms with Crippen LogP contribution in [0.25, 0.3) is 16.7 Å². The molecule has 1 heterocycles. The van der Waals surface area contributed by atoms with E-state index in [1.54, 1.807) is 18.2 Å². The van der Waals surface area contributed by atoms with Crippen LogP contribution < -0.4 is 34.8 Å². The molecule has 0 radical (unpaired) electrons. The summed E-state index contributed by atoms with van der Waals surface area (Å²) in [5, 5.41) is 34.7. The van der Waals surface area contributed by atoms with Gasteiger partial charge in [-0.3, -0.25) is 5.04 Å². The molecule has 5 rings (SSSR count). The number of rotatable bonds is 8. The number of benzene rings is 4. The van der Waals surface area contributed by atoms with Crippen LogP contribution in [0.5, 0.6) is 5.75 Å². The molecule has 0 aliphatic carbocycles. The summed E-state index contributed by atoms with van der Waals surface area (Å²) in [6.45, 7) is 8.56. The van der Waals surface area contributed by atoms with Crippen molar-refractivity contribution in [2.75, 3.05) is 0 Å². The van der Waals surface area contributed by atoms with Gasteiger partial charge in [-0.15, -0.1) is 15.0 Å². The summed E-state index contributed by atoms with van der Waals surface area (Å²) in [6, 6.07) is 29.8. The summed E-state index contributed by atoms with van der Waals surface area (Å²) in [5.41, 5.74) is 4.86. The molecule has 194 valence electrons. The van der Waals surface area contributed by atoms with Crippen molar-refractivity contribution in [2.24, 2.45) is 0 Å². The van der Waals surface area contributed by atoms with Crippen molar-refractivity contribution in [2.45, 2.75) is 43.4 Å². The molecule has 0 saturated heterocycles. The van der Waals surface area contributed by atoms with Crippen molar-refractivity contribution in [1.29, 1.82) is 0 Å². The standard InChI is InChI=1S/C30H29N3O4S.Na/c1-29(2,20-11-7-5-8-12-20)22-17-24(30(3,4)21-13-9-6-10-14-21)28(34)27(18-22)33-31-25-16-15-23(38-37-36-35)19-26(25)32-33;/h5-19,34-35H,1-4H3;/q;+1/p-1. The summed E-state index contributed by atoms with van der Waals surface area (Å²) >= 11 is 0.789. The van der Waals surface area contributed by atoms with Crippen molar-refractivity contribution < 1.29 is 49.3 Å². The van der Waals surface area contributed by atoms with Gasteiger partial charge >= 0.3 is 29.6 Å². The van der Waals surface area contributed by atoms with E-state index in [9.17, 15) is 10.4 Å². The molecule has 0 atom stereocenters. The van der Waals surface area contributed by atoms with Gasteiger partial charge in [0.1, 0.15) is 22.5 Å². The van der Waals surface area contributed by atoms with Crippen LogP contribution in [-0.4, -0.2) is 20.1 Å². The van der Waals surface area contributed by atoms with Crippen LogP contribution in [-0.2, 0) is 20.2 Å². The van der Waals surface area contributed by atoms with Gasteiger partial charge in [0.2, 0.25) is 0 Å². The Morgan fingerprint density at radius 2 is 1.33 bits per heavy atom. The van der Waals surface area contributed by atoms with Gasteiger partial charge in [0, 0.05) is 21.3 Å². The quantitative estimate of drug-likeness (QED) is 0.138. The zero-order chi connectivity index (χ0) is 26.9. The molecule has 1 N–H and O–H groups in total. The Kier molecular flexibility index (Phi) is 8.88. The SMILES string of the molecule is CC(C)(c1ccccc1)c1cc(-n2nc3ccc(SOO[O-])cc3n2)c(O)c(C(C)(C)c2ccccc2)c1.[Na+]. The maximum Gasteiger partial charge on any atom is 1.00 e. The molecule has 0 saturated carbocycles. The second-order valence-corrected chi connectivity index (χ2v) is 11.0. The summed E-state index contributed by atoms with van der Waals surface area (Å²) in [7, 11) is 0. The fourth-order valence-electron chi connectivity index (χ4n) is 4.75. The molecule has 0 fully saturated rings. The molecule has 0 aliphatic rings. The second kappa shape index (κ2) is 11.8. The predicted molar refractivity (Wildman–Crippen MR) is 146 cm³/mol. The van der Waals surface area contributed by atoms with E-state index in [0.717, 1.165) is 34.3 Å². The molecule has 1 aromatic heterocycles. The maximum absolute atomic E-state index is 11.7. The minimum absolute atomic E-state index is 0. The van der Waals surface area contributed by atoms with E-state index < -0.39 is 5.41 Å². The minimum atomic E-state index is -0.505. The molecule has 0 spiro atoms. The van der Waals surface area contributed by atoms with Gasteiger partial charge in [-0.1, -0.05) is 94.4 Å². The van der Waals surface area contributed by atoms with E-state index in [4.69, 9.17) is 0 Å². The average Bonchev–Trinajstić information content (AvgIpc) is 3.36. The first-order chi connectivity index (χ1) is 18.2. The fourth-order valence-corrected chi connectivity index (χ4v) is 5.14. The van der Waals surface area contributed by atoms with Crippen LogP contribution in [0.1, 0.15) is 49.9 Å². The number of aromatic nitrogens is 3. The molecule has 39 heavy (non-hydrogen) atoms. The first kappa shape index (κ1) is 29.3.